The van der Waals surface area contributed by atoms with Crippen LogP contribution in [0.4, 0.5) is 0 Å². The highest BCUT2D eigenvalue weighted by Crippen LogP contribution is 2.38. The SMILES string of the molecule is CC(C)NS(=O)(=O)c1cc2c(cc1Cl)CC(C(Cl)(Cl)Cl)NS2(=O)=O. The van der Waals surface area contributed by atoms with Crippen LogP contribution in [0, 0.1) is 0 Å². The first-order chi connectivity index (χ1) is 10.7. The Labute approximate surface area is 160 Å². The van der Waals surface area contributed by atoms with Gasteiger partial charge in [0.25, 0.3) is 0 Å². The molecule has 1 heterocycles. The standard InChI is InChI=1S/C12H14Cl4N2O4S2/c1-6(2)17-24(21,22)10-5-9-7(3-8(10)13)4-11(12(14,15)16)18-23(9,19)20/h3,5-6,11,17-18H,4H2,1-2H3. The summed E-state index contributed by atoms with van der Waals surface area (Å²) in [6, 6.07) is 0.908. The Morgan fingerprint density at radius 1 is 1.29 bits per heavy atom. The Bertz CT molecular complexity index is 864. The molecular weight excluding hydrogens is 442 g/mol. The summed E-state index contributed by atoms with van der Waals surface area (Å²) >= 11 is 23.4. The molecular formula is C12H14Cl4N2O4S2. The summed E-state index contributed by atoms with van der Waals surface area (Å²) in [6.45, 7) is 3.27. The van der Waals surface area contributed by atoms with Gasteiger partial charge in [0.1, 0.15) is 4.90 Å². The molecule has 1 aromatic rings. The lowest BCUT2D eigenvalue weighted by Crippen LogP contribution is -2.48. The average Bonchev–Trinajstić information content (AvgIpc) is 2.33. The largest absolute Gasteiger partial charge is 0.242 e. The van der Waals surface area contributed by atoms with Crippen LogP contribution in [0.2, 0.25) is 5.02 Å². The van der Waals surface area contributed by atoms with Gasteiger partial charge in [-0.2, -0.15) is 0 Å². The van der Waals surface area contributed by atoms with E-state index < -0.39 is 29.9 Å². The van der Waals surface area contributed by atoms with E-state index >= 15 is 0 Å². The van der Waals surface area contributed by atoms with E-state index in [4.69, 9.17) is 46.4 Å². The minimum atomic E-state index is -4.06. The van der Waals surface area contributed by atoms with Crippen LogP contribution < -0.4 is 9.44 Å². The van der Waals surface area contributed by atoms with E-state index in [1.54, 1.807) is 13.8 Å². The molecule has 1 aromatic carbocycles. The third-order valence-corrected chi connectivity index (χ3v) is 7.67. The van der Waals surface area contributed by atoms with Crippen molar-refractivity contribution in [3.05, 3.63) is 22.7 Å². The van der Waals surface area contributed by atoms with Gasteiger partial charge in [-0.1, -0.05) is 46.4 Å². The van der Waals surface area contributed by atoms with Crippen molar-refractivity contribution in [2.75, 3.05) is 0 Å². The van der Waals surface area contributed by atoms with Gasteiger partial charge < -0.3 is 0 Å². The summed E-state index contributed by atoms with van der Waals surface area (Å²) in [6.07, 6.45) is 0.0583. The zero-order valence-corrected chi connectivity index (χ0v) is 17.1. The van der Waals surface area contributed by atoms with E-state index in [1.165, 1.54) is 6.07 Å². The van der Waals surface area contributed by atoms with Crippen molar-refractivity contribution < 1.29 is 16.8 Å². The fraction of sp³-hybridized carbons (Fsp3) is 0.500. The van der Waals surface area contributed by atoms with E-state index in [0.717, 1.165) is 6.07 Å². The lowest BCUT2D eigenvalue weighted by Gasteiger charge is -2.31. The number of rotatable bonds is 3. The number of hydrogen-bond donors (Lipinski definition) is 2. The molecule has 0 fully saturated rings. The van der Waals surface area contributed by atoms with E-state index in [2.05, 4.69) is 9.44 Å². The van der Waals surface area contributed by atoms with Gasteiger partial charge in [0.2, 0.25) is 23.8 Å². The molecule has 0 amide bonds. The highest BCUT2D eigenvalue weighted by Gasteiger charge is 2.41. The third kappa shape index (κ3) is 4.29. The zero-order chi connectivity index (χ0) is 18.5. The number of fused-ring (bicyclic) bond motifs is 1. The van der Waals surface area contributed by atoms with Crippen LogP contribution in [-0.4, -0.2) is 32.7 Å². The van der Waals surface area contributed by atoms with Gasteiger partial charge in [-0.05, 0) is 38.0 Å². The monoisotopic (exact) mass is 454 g/mol. The molecule has 2 N–H and O–H groups in total. The van der Waals surface area contributed by atoms with Gasteiger partial charge >= 0.3 is 0 Å². The number of halogens is 4. The minimum absolute atomic E-state index is 0.0583. The molecule has 6 nitrogen and oxygen atoms in total. The predicted octanol–water partition coefficient (Wildman–Crippen LogP) is 2.60. The maximum absolute atomic E-state index is 12.4. The molecule has 0 radical (unpaired) electrons. The molecule has 2 rings (SSSR count). The van der Waals surface area contributed by atoms with E-state index in [9.17, 15) is 16.8 Å². The van der Waals surface area contributed by atoms with Gasteiger partial charge in [0.15, 0.2) is 0 Å². The van der Waals surface area contributed by atoms with Crippen molar-refractivity contribution in [3.8, 4) is 0 Å². The molecule has 0 aliphatic carbocycles. The summed E-state index contributed by atoms with van der Waals surface area (Å²) in [4.78, 5) is -0.532. The first-order valence-corrected chi connectivity index (χ1v) is 11.2. The number of sulfonamides is 2. The van der Waals surface area contributed by atoms with Crippen LogP contribution in [0.25, 0.3) is 0 Å². The molecule has 1 aliphatic heterocycles. The second-order valence-corrected chi connectivity index (χ2v) is 11.7. The Morgan fingerprint density at radius 3 is 2.38 bits per heavy atom. The van der Waals surface area contributed by atoms with Crippen LogP contribution in [0.15, 0.2) is 21.9 Å². The van der Waals surface area contributed by atoms with Gasteiger partial charge in [-0.3, -0.25) is 0 Å². The van der Waals surface area contributed by atoms with Crippen molar-refractivity contribution in [3.63, 3.8) is 0 Å². The molecule has 0 saturated carbocycles. The summed E-state index contributed by atoms with van der Waals surface area (Å²) < 4.78 is 52.2. The second kappa shape index (κ2) is 6.74. The highest BCUT2D eigenvalue weighted by molar-refractivity contribution is 7.90. The van der Waals surface area contributed by atoms with Gasteiger partial charge in [0, 0.05) is 6.04 Å². The van der Waals surface area contributed by atoms with Crippen molar-refractivity contribution in [1.29, 1.82) is 0 Å². The second-order valence-electron chi connectivity index (χ2n) is 5.59. The van der Waals surface area contributed by atoms with Crippen molar-refractivity contribution in [2.45, 2.75) is 45.9 Å². The van der Waals surface area contributed by atoms with Gasteiger partial charge in [-0.15, -0.1) is 0 Å². The van der Waals surface area contributed by atoms with Crippen LogP contribution in [-0.2, 0) is 26.5 Å². The number of hydrogen-bond acceptors (Lipinski definition) is 4. The third-order valence-electron chi connectivity index (χ3n) is 3.20. The normalized spacial score (nSPS) is 20.9. The Balaban J connectivity index is 2.60. The molecule has 24 heavy (non-hydrogen) atoms. The fourth-order valence-corrected chi connectivity index (χ4v) is 6.27. The van der Waals surface area contributed by atoms with E-state index in [0.29, 0.717) is 0 Å². The number of alkyl halides is 3. The van der Waals surface area contributed by atoms with Crippen molar-refractivity contribution in [2.24, 2.45) is 0 Å². The van der Waals surface area contributed by atoms with Crippen molar-refractivity contribution >= 4 is 66.5 Å². The first-order valence-electron chi connectivity index (χ1n) is 6.68. The summed E-state index contributed by atoms with van der Waals surface area (Å²) in [5.74, 6) is 0. The maximum Gasteiger partial charge on any atom is 0.242 e. The quantitative estimate of drug-likeness (QED) is 0.685. The van der Waals surface area contributed by atoms with Gasteiger partial charge in [0.05, 0.1) is 16.0 Å². The summed E-state index contributed by atoms with van der Waals surface area (Å²) in [5, 5.41) is -0.109. The molecule has 1 aliphatic rings. The first kappa shape index (κ1) is 20.5. The van der Waals surface area contributed by atoms with E-state index in [-0.39, 0.29) is 32.8 Å². The predicted molar refractivity (Wildman–Crippen MR) is 95.0 cm³/mol. The maximum atomic E-state index is 12.4. The average molecular weight is 456 g/mol. The molecule has 12 heteroatoms. The Morgan fingerprint density at radius 2 is 1.88 bits per heavy atom. The molecule has 0 aromatic heterocycles. The summed E-state index contributed by atoms with van der Waals surface area (Å²) in [5.41, 5.74) is 0.276. The molecule has 1 atom stereocenters. The fourth-order valence-electron chi connectivity index (χ4n) is 2.26. The summed E-state index contributed by atoms with van der Waals surface area (Å²) in [7, 11) is -8.02. The smallest absolute Gasteiger partial charge is 0.209 e. The van der Waals surface area contributed by atoms with Crippen LogP contribution in [0.1, 0.15) is 19.4 Å². The molecule has 0 spiro atoms. The Hall–Kier alpha value is 0.200. The van der Waals surface area contributed by atoms with Crippen LogP contribution in [0.3, 0.4) is 0 Å². The van der Waals surface area contributed by atoms with Crippen LogP contribution in [0.5, 0.6) is 0 Å². The Kier molecular flexibility index (Phi) is 5.76. The lowest BCUT2D eigenvalue weighted by atomic mass is 10.1. The number of nitrogens with one attached hydrogen (secondary N) is 2. The van der Waals surface area contributed by atoms with Crippen molar-refractivity contribution in [1.82, 2.24) is 9.44 Å². The lowest BCUT2D eigenvalue weighted by molar-refractivity contribution is 0.529. The molecule has 136 valence electrons. The minimum Gasteiger partial charge on any atom is -0.209 e. The van der Waals surface area contributed by atoms with Gasteiger partial charge in [-0.25, -0.2) is 26.3 Å². The van der Waals surface area contributed by atoms with Crippen LogP contribution >= 0.6 is 46.4 Å². The molecule has 0 saturated heterocycles. The number of benzene rings is 1. The topological polar surface area (TPSA) is 92.3 Å². The van der Waals surface area contributed by atoms with E-state index in [1.807, 2.05) is 0 Å². The molecule has 0 bridgehead atoms. The zero-order valence-electron chi connectivity index (χ0n) is 12.5. The highest BCUT2D eigenvalue weighted by atomic mass is 35.6. The molecule has 1 unspecified atom stereocenters.